The number of nitrogens with one attached hydrogen (secondary N) is 2. The van der Waals surface area contributed by atoms with Gasteiger partial charge in [0.15, 0.2) is 0 Å². The van der Waals surface area contributed by atoms with Gasteiger partial charge in [-0.25, -0.2) is 0 Å². The van der Waals surface area contributed by atoms with Gasteiger partial charge in [0.2, 0.25) is 0 Å². The summed E-state index contributed by atoms with van der Waals surface area (Å²) >= 11 is 12.3. The van der Waals surface area contributed by atoms with Crippen LogP contribution in [0.2, 0.25) is 10.0 Å². The Hall–Kier alpha value is -2.49. The molecule has 0 radical (unpaired) electrons. The Morgan fingerprint density at radius 1 is 0.970 bits per heavy atom. The van der Waals surface area contributed by atoms with Crippen molar-refractivity contribution < 1.29 is 4.79 Å². The fourth-order valence-corrected chi connectivity index (χ4v) is 7.04. The first kappa shape index (κ1) is 21.1. The Morgan fingerprint density at radius 3 is 2.61 bits per heavy atom. The van der Waals surface area contributed by atoms with E-state index in [1.807, 2.05) is 12.1 Å². The van der Waals surface area contributed by atoms with E-state index < -0.39 is 0 Å². The number of carbonyl (C=O) groups is 1. The lowest BCUT2D eigenvalue weighted by Crippen LogP contribution is -2.35. The third kappa shape index (κ3) is 3.72. The van der Waals surface area contributed by atoms with E-state index in [2.05, 4.69) is 53.1 Å². The minimum Gasteiger partial charge on any atom is -0.378 e. The molecule has 1 amide bonds. The molecule has 168 valence electrons. The average molecular weight is 477 g/mol. The molecule has 0 unspecified atom stereocenters. The highest BCUT2D eigenvalue weighted by molar-refractivity contribution is 6.35. The molecule has 2 aliphatic carbocycles. The van der Waals surface area contributed by atoms with Gasteiger partial charge in [0.1, 0.15) is 0 Å². The minimum atomic E-state index is -0.0753. The summed E-state index contributed by atoms with van der Waals surface area (Å²) in [5, 5.41) is 8.02. The smallest absolute Gasteiger partial charge is 0.251 e. The van der Waals surface area contributed by atoms with E-state index in [0.717, 1.165) is 17.4 Å². The molecule has 6 rings (SSSR count). The lowest BCUT2D eigenvalue weighted by molar-refractivity contribution is 0.0950. The number of anilines is 1. The van der Waals surface area contributed by atoms with E-state index >= 15 is 0 Å². The molecule has 3 aliphatic rings. The summed E-state index contributed by atoms with van der Waals surface area (Å²) in [4.78, 5) is 13.0. The van der Waals surface area contributed by atoms with E-state index in [1.165, 1.54) is 36.1 Å². The molecule has 2 N–H and O–H groups in total. The van der Waals surface area contributed by atoms with Crippen molar-refractivity contribution in [2.24, 2.45) is 17.8 Å². The van der Waals surface area contributed by atoms with Gasteiger partial charge in [-0.3, -0.25) is 4.79 Å². The van der Waals surface area contributed by atoms with Crippen molar-refractivity contribution in [1.29, 1.82) is 0 Å². The summed E-state index contributed by atoms with van der Waals surface area (Å²) in [5.74, 6) is 2.51. The van der Waals surface area contributed by atoms with Crippen LogP contribution >= 0.6 is 23.2 Å². The van der Waals surface area contributed by atoms with E-state index in [4.69, 9.17) is 23.2 Å². The molecule has 33 heavy (non-hydrogen) atoms. The molecule has 2 fully saturated rings. The number of amides is 1. The Morgan fingerprint density at radius 2 is 1.79 bits per heavy atom. The lowest BCUT2D eigenvalue weighted by Gasteiger charge is -2.43. The first-order valence-corrected chi connectivity index (χ1v) is 12.5. The van der Waals surface area contributed by atoms with Gasteiger partial charge < -0.3 is 10.6 Å². The summed E-state index contributed by atoms with van der Waals surface area (Å²) < 4.78 is 0. The van der Waals surface area contributed by atoms with Gasteiger partial charge in [-0.2, -0.15) is 0 Å². The summed E-state index contributed by atoms with van der Waals surface area (Å²) in [7, 11) is 0. The van der Waals surface area contributed by atoms with Crippen LogP contribution in [0.3, 0.4) is 0 Å². The third-order valence-electron chi connectivity index (χ3n) is 7.96. The molecule has 0 spiro atoms. The van der Waals surface area contributed by atoms with Crippen LogP contribution in [0.1, 0.15) is 58.3 Å². The van der Waals surface area contributed by atoms with Gasteiger partial charge in [0, 0.05) is 27.8 Å². The molecule has 5 atom stereocenters. The molecule has 2 bridgehead atoms. The summed E-state index contributed by atoms with van der Waals surface area (Å²) in [6.07, 6.45) is 3.94. The fraction of sp³-hybridized carbons (Fsp3) is 0.321. The maximum Gasteiger partial charge on any atom is 0.251 e. The third-order valence-corrected chi connectivity index (χ3v) is 8.55. The van der Waals surface area contributed by atoms with Crippen LogP contribution < -0.4 is 10.6 Å². The predicted octanol–water partition coefficient (Wildman–Crippen LogP) is 7.22. The van der Waals surface area contributed by atoms with Crippen LogP contribution in [0, 0.1) is 17.8 Å². The second-order valence-electron chi connectivity index (χ2n) is 9.69. The first-order chi connectivity index (χ1) is 16.1. The van der Waals surface area contributed by atoms with Crippen LogP contribution in [0.25, 0.3) is 0 Å². The maximum absolute atomic E-state index is 13.0. The first-order valence-electron chi connectivity index (χ1n) is 11.8. The van der Waals surface area contributed by atoms with Gasteiger partial charge in [-0.1, -0.05) is 59.6 Å². The second kappa shape index (κ2) is 8.38. The number of rotatable bonds is 4. The van der Waals surface area contributed by atoms with Crippen molar-refractivity contribution in [3.8, 4) is 0 Å². The van der Waals surface area contributed by atoms with Gasteiger partial charge in [0.25, 0.3) is 5.91 Å². The van der Waals surface area contributed by atoms with Crippen LogP contribution in [-0.2, 0) is 6.54 Å². The molecule has 5 heteroatoms. The maximum atomic E-state index is 13.0. The zero-order valence-corrected chi connectivity index (χ0v) is 19.7. The van der Waals surface area contributed by atoms with Crippen molar-refractivity contribution in [1.82, 2.24) is 5.32 Å². The highest BCUT2D eigenvalue weighted by atomic mass is 35.5. The van der Waals surface area contributed by atoms with Gasteiger partial charge >= 0.3 is 0 Å². The standard InChI is InChI=1S/C28H26Cl2N2O/c29-21-10-8-20(23(30)14-21)15-31-28(33)19-9-11-24-22(13-19)25-17-6-7-18(12-17)26(25)27(32-24)16-4-2-1-3-5-16/h1-5,8-11,13-14,17-18,25-27,32H,6-7,12,15H2,(H,31,33)/t17-,18-,25-,26-,27-/m0/s1. The van der Waals surface area contributed by atoms with E-state index in [0.29, 0.717) is 40.0 Å². The number of fused-ring (bicyclic) bond motifs is 7. The zero-order chi connectivity index (χ0) is 22.5. The number of halogens is 2. The van der Waals surface area contributed by atoms with Crippen molar-refractivity contribution in [2.75, 3.05) is 5.32 Å². The number of hydrogen-bond donors (Lipinski definition) is 2. The molecule has 2 saturated carbocycles. The number of carbonyl (C=O) groups excluding carboxylic acids is 1. The highest BCUT2D eigenvalue weighted by Gasteiger charge is 2.53. The molecule has 1 heterocycles. The molecule has 0 aromatic heterocycles. The van der Waals surface area contributed by atoms with Crippen molar-refractivity contribution in [2.45, 2.75) is 37.8 Å². The highest BCUT2D eigenvalue weighted by Crippen LogP contribution is 2.63. The topological polar surface area (TPSA) is 41.1 Å². The molecule has 1 aliphatic heterocycles. The number of benzene rings is 3. The van der Waals surface area contributed by atoms with E-state index in [-0.39, 0.29) is 5.91 Å². The largest absolute Gasteiger partial charge is 0.378 e. The quantitative estimate of drug-likeness (QED) is 0.417. The van der Waals surface area contributed by atoms with E-state index in [9.17, 15) is 4.79 Å². The van der Waals surface area contributed by atoms with Crippen molar-refractivity contribution >= 4 is 34.8 Å². The van der Waals surface area contributed by atoms with Crippen LogP contribution in [0.4, 0.5) is 5.69 Å². The summed E-state index contributed by atoms with van der Waals surface area (Å²) in [6.45, 7) is 0.372. The monoisotopic (exact) mass is 476 g/mol. The normalized spacial score (nSPS) is 26.9. The summed E-state index contributed by atoms with van der Waals surface area (Å²) in [6, 6.07) is 22.7. The predicted molar refractivity (Wildman–Crippen MR) is 134 cm³/mol. The zero-order valence-electron chi connectivity index (χ0n) is 18.2. The SMILES string of the molecule is O=C(NCc1ccc(Cl)cc1Cl)c1ccc2c(c1)[C@@H]1[C@H]3CC[C@@H](C3)[C@@H]1[C@H](c1ccccc1)N2. The lowest BCUT2D eigenvalue weighted by atomic mass is 9.68. The molecule has 3 nitrogen and oxygen atoms in total. The molecular weight excluding hydrogens is 451 g/mol. The second-order valence-corrected chi connectivity index (χ2v) is 10.5. The Bertz CT molecular complexity index is 1210. The van der Waals surface area contributed by atoms with Gasteiger partial charge in [-0.05, 0) is 90.0 Å². The van der Waals surface area contributed by atoms with Crippen molar-refractivity contribution in [3.05, 3.63) is 99.0 Å². The molecule has 0 saturated heterocycles. The Labute approximate surface area is 204 Å². The minimum absolute atomic E-state index is 0.0753. The van der Waals surface area contributed by atoms with Crippen LogP contribution in [0.5, 0.6) is 0 Å². The average Bonchev–Trinajstić information content (AvgIpc) is 3.46. The van der Waals surface area contributed by atoms with Gasteiger partial charge in [0.05, 0.1) is 6.04 Å². The number of hydrogen-bond acceptors (Lipinski definition) is 2. The molecular formula is C28H26Cl2N2O. The molecule has 3 aromatic carbocycles. The fourth-order valence-electron chi connectivity index (χ4n) is 6.56. The van der Waals surface area contributed by atoms with Gasteiger partial charge in [-0.15, -0.1) is 0 Å². The summed E-state index contributed by atoms with van der Waals surface area (Å²) in [5.41, 5.74) is 5.42. The van der Waals surface area contributed by atoms with E-state index in [1.54, 1.807) is 12.1 Å². The van der Waals surface area contributed by atoms with Crippen LogP contribution in [-0.4, -0.2) is 5.91 Å². The Balaban J connectivity index is 1.28. The van der Waals surface area contributed by atoms with Crippen LogP contribution in [0.15, 0.2) is 66.7 Å². The molecule has 3 aromatic rings. The Kier molecular flexibility index (Phi) is 5.35. The van der Waals surface area contributed by atoms with Crippen molar-refractivity contribution in [3.63, 3.8) is 0 Å².